The van der Waals surface area contributed by atoms with Gasteiger partial charge in [0.25, 0.3) is 0 Å². The molecule has 0 aliphatic carbocycles. The number of nitrogens with one attached hydrogen (secondary N) is 2. The predicted octanol–water partition coefficient (Wildman–Crippen LogP) is 2.61. The Bertz CT molecular complexity index is 652. The topological polar surface area (TPSA) is 62.7 Å². The van der Waals surface area contributed by atoms with E-state index in [1.165, 1.54) is 0 Å². The van der Waals surface area contributed by atoms with Gasteiger partial charge in [0.2, 0.25) is 0 Å². The summed E-state index contributed by atoms with van der Waals surface area (Å²) in [6.07, 6.45) is 3.36. The lowest BCUT2D eigenvalue weighted by atomic mass is 10.4. The number of pyridine rings is 1. The van der Waals surface area contributed by atoms with Gasteiger partial charge in [-0.3, -0.25) is 0 Å². The van der Waals surface area contributed by atoms with Crippen LogP contribution in [-0.2, 0) is 0 Å². The number of hydrogen-bond acceptors (Lipinski definition) is 6. The molecule has 0 saturated heterocycles. The maximum atomic E-state index is 4.26. The van der Waals surface area contributed by atoms with Gasteiger partial charge in [0.1, 0.15) is 22.8 Å². The molecule has 3 aromatic rings. The average molecular weight is 271 g/mol. The van der Waals surface area contributed by atoms with Gasteiger partial charge in [-0.15, -0.1) is 11.3 Å². The summed E-state index contributed by atoms with van der Waals surface area (Å²) in [5.74, 6) is 1.77. The van der Waals surface area contributed by atoms with Crippen LogP contribution in [0, 0.1) is 0 Å². The van der Waals surface area contributed by atoms with Crippen LogP contribution >= 0.6 is 11.3 Å². The second-order valence-corrected chi connectivity index (χ2v) is 4.82. The van der Waals surface area contributed by atoms with Crippen molar-refractivity contribution in [3.8, 4) is 0 Å². The highest BCUT2D eigenvalue weighted by atomic mass is 32.1. The predicted molar refractivity (Wildman–Crippen MR) is 78.6 cm³/mol. The first-order valence-electron chi connectivity index (χ1n) is 6.00. The van der Waals surface area contributed by atoms with Gasteiger partial charge in [-0.1, -0.05) is 6.07 Å². The van der Waals surface area contributed by atoms with Crippen molar-refractivity contribution < 1.29 is 0 Å². The third kappa shape index (κ3) is 2.79. The van der Waals surface area contributed by atoms with E-state index >= 15 is 0 Å². The molecule has 19 heavy (non-hydrogen) atoms. The van der Waals surface area contributed by atoms with Gasteiger partial charge in [0.05, 0.1) is 5.39 Å². The summed E-state index contributed by atoms with van der Waals surface area (Å²) in [5, 5.41) is 9.65. The highest BCUT2D eigenvalue weighted by Gasteiger charge is 2.03. The maximum absolute atomic E-state index is 4.26. The molecular weight excluding hydrogens is 258 g/mol. The van der Waals surface area contributed by atoms with Crippen molar-refractivity contribution in [2.24, 2.45) is 0 Å². The van der Waals surface area contributed by atoms with Gasteiger partial charge in [-0.05, 0) is 23.6 Å². The van der Waals surface area contributed by atoms with E-state index in [1.807, 2.05) is 29.6 Å². The highest BCUT2D eigenvalue weighted by molar-refractivity contribution is 7.16. The Balaban J connectivity index is 1.57. The van der Waals surface area contributed by atoms with Gasteiger partial charge < -0.3 is 10.6 Å². The summed E-state index contributed by atoms with van der Waals surface area (Å²) in [7, 11) is 0. The largest absolute Gasteiger partial charge is 0.368 e. The standard InChI is InChI=1S/C13H13N5S/c1-2-5-14-11(3-1)15-6-7-16-12-10-4-8-19-13(10)18-9-17-12/h1-5,8-9H,6-7H2,(H,14,15)(H,16,17,18). The van der Waals surface area contributed by atoms with Crippen LogP contribution in [0.5, 0.6) is 0 Å². The molecule has 0 aromatic carbocycles. The van der Waals surface area contributed by atoms with Gasteiger partial charge in [0.15, 0.2) is 0 Å². The van der Waals surface area contributed by atoms with Crippen LogP contribution in [-0.4, -0.2) is 28.0 Å². The number of nitrogens with zero attached hydrogens (tertiary/aromatic N) is 3. The first kappa shape index (κ1) is 11.9. The van der Waals surface area contributed by atoms with Crippen molar-refractivity contribution in [3.05, 3.63) is 42.2 Å². The fourth-order valence-electron chi connectivity index (χ4n) is 1.77. The summed E-state index contributed by atoms with van der Waals surface area (Å²) in [6, 6.07) is 7.84. The first-order valence-corrected chi connectivity index (χ1v) is 6.88. The fraction of sp³-hybridized carbons (Fsp3) is 0.154. The van der Waals surface area contributed by atoms with Gasteiger partial charge in [-0.25, -0.2) is 15.0 Å². The normalized spacial score (nSPS) is 10.5. The minimum absolute atomic E-state index is 0.776. The number of hydrogen-bond donors (Lipinski definition) is 2. The quantitative estimate of drug-likeness (QED) is 0.698. The molecule has 0 bridgehead atoms. The SMILES string of the molecule is c1ccc(NCCNc2ncnc3sccc23)nc1. The minimum atomic E-state index is 0.776. The molecule has 0 atom stereocenters. The lowest BCUT2D eigenvalue weighted by Gasteiger charge is -2.08. The van der Waals surface area contributed by atoms with Gasteiger partial charge in [-0.2, -0.15) is 0 Å². The molecule has 0 unspecified atom stereocenters. The third-order valence-corrected chi connectivity index (χ3v) is 3.47. The number of thiophene rings is 1. The number of anilines is 2. The van der Waals surface area contributed by atoms with Gasteiger partial charge >= 0.3 is 0 Å². The molecule has 2 N–H and O–H groups in total. The molecule has 6 heteroatoms. The summed E-state index contributed by atoms with van der Waals surface area (Å²) < 4.78 is 0. The van der Waals surface area contributed by atoms with Crippen molar-refractivity contribution >= 4 is 33.2 Å². The lowest BCUT2D eigenvalue weighted by molar-refractivity contribution is 1.04. The molecule has 5 nitrogen and oxygen atoms in total. The summed E-state index contributed by atoms with van der Waals surface area (Å²) >= 11 is 1.62. The molecule has 3 rings (SSSR count). The smallest absolute Gasteiger partial charge is 0.138 e. The van der Waals surface area contributed by atoms with Crippen molar-refractivity contribution in [3.63, 3.8) is 0 Å². The molecule has 96 valence electrons. The molecule has 3 heterocycles. The minimum Gasteiger partial charge on any atom is -0.368 e. The first-order chi connectivity index (χ1) is 9.43. The van der Waals surface area contributed by atoms with Crippen molar-refractivity contribution in [2.45, 2.75) is 0 Å². The Labute approximate surface area is 114 Å². The van der Waals surface area contributed by atoms with Crippen LogP contribution in [0.15, 0.2) is 42.2 Å². The van der Waals surface area contributed by atoms with E-state index in [1.54, 1.807) is 23.9 Å². The Morgan fingerprint density at radius 3 is 2.84 bits per heavy atom. The number of rotatable bonds is 5. The second-order valence-electron chi connectivity index (χ2n) is 3.93. The molecule has 0 saturated carbocycles. The zero-order chi connectivity index (χ0) is 12.9. The van der Waals surface area contributed by atoms with E-state index < -0.39 is 0 Å². The Morgan fingerprint density at radius 2 is 1.95 bits per heavy atom. The van der Waals surface area contributed by atoms with Crippen LogP contribution in [0.1, 0.15) is 0 Å². The molecule has 0 spiro atoms. The average Bonchev–Trinajstić information content (AvgIpc) is 2.94. The van der Waals surface area contributed by atoms with Crippen molar-refractivity contribution in [2.75, 3.05) is 23.7 Å². The lowest BCUT2D eigenvalue weighted by Crippen LogP contribution is -2.15. The van der Waals surface area contributed by atoms with Crippen LogP contribution in [0.3, 0.4) is 0 Å². The fourth-order valence-corrected chi connectivity index (χ4v) is 2.50. The van der Waals surface area contributed by atoms with Gasteiger partial charge in [0, 0.05) is 19.3 Å². The van der Waals surface area contributed by atoms with Crippen LogP contribution in [0.2, 0.25) is 0 Å². The second kappa shape index (κ2) is 5.62. The van der Waals surface area contributed by atoms with Crippen LogP contribution in [0.25, 0.3) is 10.2 Å². The molecule has 0 amide bonds. The summed E-state index contributed by atoms with van der Waals surface area (Å²) in [5.41, 5.74) is 0. The van der Waals surface area contributed by atoms with Crippen molar-refractivity contribution in [1.82, 2.24) is 15.0 Å². The van der Waals surface area contributed by atoms with E-state index in [4.69, 9.17) is 0 Å². The molecule has 0 fully saturated rings. The molecule has 3 aromatic heterocycles. The third-order valence-electron chi connectivity index (χ3n) is 2.65. The van der Waals surface area contributed by atoms with E-state index in [9.17, 15) is 0 Å². The monoisotopic (exact) mass is 271 g/mol. The van der Waals surface area contributed by atoms with E-state index in [0.29, 0.717) is 0 Å². The highest BCUT2D eigenvalue weighted by Crippen LogP contribution is 2.23. The Kier molecular flexibility index (Phi) is 3.51. The van der Waals surface area contributed by atoms with E-state index in [-0.39, 0.29) is 0 Å². The van der Waals surface area contributed by atoms with E-state index in [0.717, 1.165) is 34.9 Å². The van der Waals surface area contributed by atoms with Crippen LogP contribution < -0.4 is 10.6 Å². The zero-order valence-corrected chi connectivity index (χ0v) is 11.0. The molecule has 0 aliphatic heterocycles. The Hall–Kier alpha value is -2.21. The van der Waals surface area contributed by atoms with E-state index in [2.05, 4.69) is 25.6 Å². The number of fused-ring (bicyclic) bond motifs is 1. The zero-order valence-electron chi connectivity index (χ0n) is 10.2. The summed E-state index contributed by atoms with van der Waals surface area (Å²) in [6.45, 7) is 1.56. The summed E-state index contributed by atoms with van der Waals surface area (Å²) in [4.78, 5) is 13.7. The van der Waals surface area contributed by atoms with Crippen molar-refractivity contribution in [1.29, 1.82) is 0 Å². The van der Waals surface area contributed by atoms with Crippen LogP contribution in [0.4, 0.5) is 11.6 Å². The molecule has 0 aliphatic rings. The Morgan fingerprint density at radius 1 is 1.00 bits per heavy atom. The molecule has 0 radical (unpaired) electrons. The maximum Gasteiger partial charge on any atom is 0.138 e. The number of aromatic nitrogens is 3. The molecular formula is C13H13N5S.